The Morgan fingerprint density at radius 3 is 2.55 bits per heavy atom. The van der Waals surface area contributed by atoms with Crippen LogP contribution in [0.3, 0.4) is 0 Å². The van der Waals surface area contributed by atoms with Crippen LogP contribution in [-0.2, 0) is 19.9 Å². The highest BCUT2D eigenvalue weighted by molar-refractivity contribution is 5.27. The van der Waals surface area contributed by atoms with Gasteiger partial charge in [-0.05, 0) is 55.5 Å². The first-order valence-corrected chi connectivity index (χ1v) is 7.02. The minimum atomic E-state index is 0.498. The second-order valence-electron chi connectivity index (χ2n) is 5.14. The molecule has 1 atom stereocenters. The molecular formula is C16H23N3O. The fraction of sp³-hybridized carbons (Fsp3) is 0.438. The minimum absolute atomic E-state index is 0.498. The van der Waals surface area contributed by atoms with Crippen molar-refractivity contribution >= 4 is 0 Å². The van der Waals surface area contributed by atoms with Crippen molar-refractivity contribution < 1.29 is 4.74 Å². The molecule has 1 unspecified atom stereocenters. The Hall–Kier alpha value is -1.81. The topological polar surface area (TPSA) is 53.1 Å². The van der Waals surface area contributed by atoms with Gasteiger partial charge in [0.05, 0.1) is 7.11 Å². The Labute approximate surface area is 120 Å². The number of ether oxygens (including phenoxy) is 1. The SMILES string of the molecule is COc1ccc(CC(CN)CCc2ccnn2C)cc1. The van der Waals surface area contributed by atoms with Crippen LogP contribution in [0, 0.1) is 5.92 Å². The summed E-state index contributed by atoms with van der Waals surface area (Å²) in [5.74, 6) is 1.39. The maximum absolute atomic E-state index is 5.91. The van der Waals surface area contributed by atoms with Crippen LogP contribution >= 0.6 is 0 Å². The molecule has 2 aromatic rings. The zero-order valence-corrected chi connectivity index (χ0v) is 12.2. The Kier molecular flexibility index (Phi) is 5.18. The van der Waals surface area contributed by atoms with Crippen molar-refractivity contribution in [2.75, 3.05) is 13.7 Å². The summed E-state index contributed by atoms with van der Waals surface area (Å²) in [5, 5.41) is 4.20. The van der Waals surface area contributed by atoms with E-state index in [1.165, 1.54) is 11.3 Å². The van der Waals surface area contributed by atoms with Crippen LogP contribution in [0.1, 0.15) is 17.7 Å². The van der Waals surface area contributed by atoms with Gasteiger partial charge in [-0.15, -0.1) is 0 Å². The molecule has 0 saturated heterocycles. The number of nitrogens with zero attached hydrogens (tertiary/aromatic N) is 2. The molecule has 0 radical (unpaired) electrons. The zero-order chi connectivity index (χ0) is 14.4. The van der Waals surface area contributed by atoms with E-state index in [4.69, 9.17) is 10.5 Å². The molecule has 1 aromatic heterocycles. The average molecular weight is 273 g/mol. The minimum Gasteiger partial charge on any atom is -0.497 e. The molecule has 1 heterocycles. The summed E-state index contributed by atoms with van der Waals surface area (Å²) in [5.41, 5.74) is 8.48. The molecule has 2 rings (SSSR count). The number of rotatable bonds is 7. The number of hydrogen-bond acceptors (Lipinski definition) is 3. The third-order valence-corrected chi connectivity index (χ3v) is 3.75. The van der Waals surface area contributed by atoms with E-state index in [0.717, 1.165) is 25.0 Å². The molecule has 4 nitrogen and oxygen atoms in total. The van der Waals surface area contributed by atoms with Gasteiger partial charge in [-0.25, -0.2) is 0 Å². The van der Waals surface area contributed by atoms with Gasteiger partial charge in [-0.1, -0.05) is 12.1 Å². The van der Waals surface area contributed by atoms with Crippen molar-refractivity contribution in [1.29, 1.82) is 0 Å². The first-order valence-electron chi connectivity index (χ1n) is 7.02. The van der Waals surface area contributed by atoms with Crippen molar-refractivity contribution in [2.45, 2.75) is 19.3 Å². The van der Waals surface area contributed by atoms with E-state index in [1.54, 1.807) is 7.11 Å². The second-order valence-corrected chi connectivity index (χ2v) is 5.14. The molecule has 108 valence electrons. The first-order chi connectivity index (χ1) is 9.72. The normalized spacial score (nSPS) is 12.3. The van der Waals surface area contributed by atoms with E-state index >= 15 is 0 Å². The fourth-order valence-corrected chi connectivity index (χ4v) is 2.40. The van der Waals surface area contributed by atoms with Crippen LogP contribution in [0.4, 0.5) is 0 Å². The number of aromatic nitrogens is 2. The van der Waals surface area contributed by atoms with Gasteiger partial charge in [0.15, 0.2) is 0 Å². The van der Waals surface area contributed by atoms with Crippen LogP contribution in [-0.4, -0.2) is 23.4 Å². The molecule has 0 saturated carbocycles. The molecule has 0 bridgehead atoms. The molecule has 0 aliphatic carbocycles. The predicted octanol–water partition coefficient (Wildman–Crippen LogP) is 2.18. The smallest absolute Gasteiger partial charge is 0.118 e. The number of benzene rings is 1. The summed E-state index contributed by atoms with van der Waals surface area (Å²) < 4.78 is 7.11. The van der Waals surface area contributed by atoms with Crippen LogP contribution < -0.4 is 10.5 Å². The van der Waals surface area contributed by atoms with Gasteiger partial charge >= 0.3 is 0 Å². The molecule has 1 aromatic carbocycles. The average Bonchev–Trinajstić information content (AvgIpc) is 2.89. The Bertz CT molecular complexity index is 519. The summed E-state index contributed by atoms with van der Waals surface area (Å²) in [6.07, 6.45) is 4.96. The van der Waals surface area contributed by atoms with Crippen molar-refractivity contribution in [2.24, 2.45) is 18.7 Å². The van der Waals surface area contributed by atoms with E-state index in [9.17, 15) is 0 Å². The van der Waals surface area contributed by atoms with Crippen molar-refractivity contribution in [3.8, 4) is 5.75 Å². The van der Waals surface area contributed by atoms with E-state index in [2.05, 4.69) is 23.3 Å². The predicted molar refractivity (Wildman–Crippen MR) is 80.8 cm³/mol. The lowest BCUT2D eigenvalue weighted by atomic mass is 9.94. The lowest BCUT2D eigenvalue weighted by Crippen LogP contribution is -2.18. The number of methoxy groups -OCH3 is 1. The number of hydrogen-bond donors (Lipinski definition) is 1. The molecule has 0 spiro atoms. The highest BCUT2D eigenvalue weighted by Gasteiger charge is 2.10. The maximum Gasteiger partial charge on any atom is 0.118 e. The van der Waals surface area contributed by atoms with Gasteiger partial charge in [0.25, 0.3) is 0 Å². The van der Waals surface area contributed by atoms with E-state index < -0.39 is 0 Å². The maximum atomic E-state index is 5.91. The van der Waals surface area contributed by atoms with Crippen LogP contribution in [0.25, 0.3) is 0 Å². The highest BCUT2D eigenvalue weighted by atomic mass is 16.5. The summed E-state index contributed by atoms with van der Waals surface area (Å²) in [4.78, 5) is 0. The first kappa shape index (κ1) is 14.6. The molecule has 20 heavy (non-hydrogen) atoms. The molecule has 0 aliphatic rings. The lowest BCUT2D eigenvalue weighted by molar-refractivity contribution is 0.414. The van der Waals surface area contributed by atoms with Crippen molar-refractivity contribution in [3.63, 3.8) is 0 Å². The molecular weight excluding hydrogens is 250 g/mol. The Balaban J connectivity index is 1.89. The molecule has 2 N–H and O–H groups in total. The Morgan fingerprint density at radius 1 is 1.25 bits per heavy atom. The summed E-state index contributed by atoms with van der Waals surface area (Å²) >= 11 is 0. The summed E-state index contributed by atoms with van der Waals surface area (Å²) in [6.45, 7) is 0.712. The van der Waals surface area contributed by atoms with Gasteiger partial charge in [0.2, 0.25) is 0 Å². The Morgan fingerprint density at radius 2 is 2.00 bits per heavy atom. The van der Waals surface area contributed by atoms with Gasteiger partial charge in [-0.2, -0.15) is 5.10 Å². The van der Waals surface area contributed by atoms with E-state index in [1.807, 2.05) is 30.1 Å². The van der Waals surface area contributed by atoms with E-state index in [-0.39, 0.29) is 0 Å². The zero-order valence-electron chi connectivity index (χ0n) is 12.2. The van der Waals surface area contributed by atoms with Crippen molar-refractivity contribution in [3.05, 3.63) is 47.8 Å². The number of aryl methyl sites for hydroxylation is 2. The second kappa shape index (κ2) is 7.10. The third-order valence-electron chi connectivity index (χ3n) is 3.75. The molecule has 0 aliphatic heterocycles. The third kappa shape index (κ3) is 3.84. The monoisotopic (exact) mass is 273 g/mol. The van der Waals surface area contributed by atoms with Crippen LogP contribution in [0.5, 0.6) is 5.75 Å². The highest BCUT2D eigenvalue weighted by Crippen LogP contribution is 2.17. The van der Waals surface area contributed by atoms with E-state index in [0.29, 0.717) is 12.5 Å². The largest absolute Gasteiger partial charge is 0.497 e. The standard InChI is InChI=1S/C16H23N3O/c1-19-15(9-10-18-19)6-3-14(12-17)11-13-4-7-16(20-2)8-5-13/h4-5,7-10,14H,3,6,11-12,17H2,1-2H3. The van der Waals surface area contributed by atoms with Crippen molar-refractivity contribution in [1.82, 2.24) is 9.78 Å². The molecule has 0 fully saturated rings. The van der Waals surface area contributed by atoms with Gasteiger partial charge in [-0.3, -0.25) is 4.68 Å². The van der Waals surface area contributed by atoms with Crippen LogP contribution in [0.2, 0.25) is 0 Å². The number of nitrogens with two attached hydrogens (primary N) is 1. The molecule has 4 heteroatoms. The summed E-state index contributed by atoms with van der Waals surface area (Å²) in [7, 11) is 3.67. The quantitative estimate of drug-likeness (QED) is 0.841. The van der Waals surface area contributed by atoms with Crippen LogP contribution in [0.15, 0.2) is 36.5 Å². The fourth-order valence-electron chi connectivity index (χ4n) is 2.40. The van der Waals surface area contributed by atoms with Gasteiger partial charge < -0.3 is 10.5 Å². The van der Waals surface area contributed by atoms with Gasteiger partial charge in [0.1, 0.15) is 5.75 Å². The summed E-state index contributed by atoms with van der Waals surface area (Å²) in [6, 6.07) is 10.3. The van der Waals surface area contributed by atoms with Gasteiger partial charge in [0, 0.05) is 18.9 Å². The lowest BCUT2D eigenvalue weighted by Gasteiger charge is -2.15. The molecule has 0 amide bonds.